The van der Waals surface area contributed by atoms with Crippen molar-refractivity contribution in [1.29, 1.82) is 0 Å². The van der Waals surface area contributed by atoms with E-state index in [1.807, 2.05) is 0 Å². The van der Waals surface area contributed by atoms with Crippen molar-refractivity contribution in [2.75, 3.05) is 7.05 Å². The van der Waals surface area contributed by atoms with Crippen LogP contribution in [0.3, 0.4) is 0 Å². The van der Waals surface area contributed by atoms with Crippen LogP contribution in [-0.4, -0.2) is 25.2 Å². The summed E-state index contributed by atoms with van der Waals surface area (Å²) in [6, 6.07) is 6.82. The van der Waals surface area contributed by atoms with Gasteiger partial charge in [-0.05, 0) is 49.9 Å². The summed E-state index contributed by atoms with van der Waals surface area (Å²) in [6.07, 6.45) is 10.6. The van der Waals surface area contributed by atoms with Crippen LogP contribution in [0.4, 0.5) is 0 Å². The van der Waals surface area contributed by atoms with Gasteiger partial charge in [-0.3, -0.25) is 9.36 Å². The van der Waals surface area contributed by atoms with Crippen molar-refractivity contribution in [3.05, 3.63) is 29.8 Å². The predicted molar refractivity (Wildman–Crippen MR) is 103 cm³/mol. The second-order valence-corrected chi connectivity index (χ2v) is 9.29. The Hall–Kier alpha value is -1.16. The first-order valence-corrected chi connectivity index (χ1v) is 11.4. The van der Waals surface area contributed by atoms with E-state index in [0.29, 0.717) is 10.9 Å². The highest BCUT2D eigenvalue weighted by molar-refractivity contribution is 7.62. The van der Waals surface area contributed by atoms with Crippen molar-refractivity contribution < 1.29 is 18.4 Å². The molecule has 0 atom stereocenters. The molecule has 2 fully saturated rings. The van der Waals surface area contributed by atoms with Crippen LogP contribution in [0.1, 0.15) is 74.6 Å². The normalized spacial score (nSPS) is 20.0. The second kappa shape index (κ2) is 9.16. The van der Waals surface area contributed by atoms with Gasteiger partial charge in [0.1, 0.15) is 0 Å². The average Bonchev–Trinajstić information content (AvgIpc) is 2.69. The van der Waals surface area contributed by atoms with E-state index in [9.17, 15) is 9.36 Å². The van der Waals surface area contributed by atoms with E-state index in [-0.39, 0.29) is 18.1 Å². The summed E-state index contributed by atoms with van der Waals surface area (Å²) < 4.78 is 26.0. The zero-order valence-electron chi connectivity index (χ0n) is 15.6. The van der Waals surface area contributed by atoms with Gasteiger partial charge >= 0.3 is 7.60 Å². The number of hydrogen-bond acceptors (Lipinski definition) is 4. The number of carbonyl (C=O) groups is 1. The minimum Gasteiger partial charge on any atom is -0.355 e. The molecule has 5 nitrogen and oxygen atoms in total. The average molecular weight is 379 g/mol. The number of hydrogen-bond donors (Lipinski definition) is 1. The van der Waals surface area contributed by atoms with Gasteiger partial charge in [-0.15, -0.1) is 0 Å². The molecule has 1 aromatic carbocycles. The van der Waals surface area contributed by atoms with Gasteiger partial charge in [-0.1, -0.05) is 38.5 Å². The van der Waals surface area contributed by atoms with E-state index in [1.165, 1.54) is 12.8 Å². The highest BCUT2D eigenvalue weighted by Crippen LogP contribution is 2.52. The SMILES string of the molecule is CNC(=O)c1ccc(P(=O)(OC2CCCCC2)OC2CCCCC2)cc1. The maximum absolute atomic E-state index is 13.8. The van der Waals surface area contributed by atoms with E-state index < -0.39 is 7.60 Å². The third-order valence-electron chi connectivity index (χ3n) is 5.35. The fourth-order valence-electron chi connectivity index (χ4n) is 3.82. The monoisotopic (exact) mass is 379 g/mol. The third kappa shape index (κ3) is 4.97. The summed E-state index contributed by atoms with van der Waals surface area (Å²) in [5.74, 6) is -0.159. The van der Waals surface area contributed by atoms with Crippen LogP contribution < -0.4 is 10.6 Å². The molecule has 0 saturated heterocycles. The molecule has 6 heteroatoms. The Morgan fingerprint density at radius 2 is 1.35 bits per heavy atom. The fourth-order valence-corrected chi connectivity index (χ4v) is 5.83. The van der Waals surface area contributed by atoms with Crippen LogP contribution in [-0.2, 0) is 13.6 Å². The molecule has 2 aliphatic rings. The van der Waals surface area contributed by atoms with Crippen LogP contribution in [0.2, 0.25) is 0 Å². The zero-order chi connectivity index (χ0) is 18.4. The lowest BCUT2D eigenvalue weighted by Gasteiger charge is -2.31. The molecule has 0 spiro atoms. The van der Waals surface area contributed by atoms with Gasteiger partial charge in [-0.25, -0.2) is 0 Å². The maximum Gasteiger partial charge on any atom is 0.361 e. The molecule has 3 rings (SSSR count). The molecule has 0 unspecified atom stereocenters. The standard InChI is InChI=1S/C20H30NO4P/c1-21-20(22)16-12-14-19(15-13-16)26(23,24-17-8-4-2-5-9-17)25-18-10-6-3-7-11-18/h12-15,17-18H,2-11H2,1H3,(H,21,22). The molecule has 0 aliphatic heterocycles. The lowest BCUT2D eigenvalue weighted by atomic mass is 9.98. The first-order valence-electron chi connectivity index (χ1n) is 9.90. The summed E-state index contributed by atoms with van der Waals surface area (Å²) in [5.41, 5.74) is 0.540. The Balaban J connectivity index is 1.80. The van der Waals surface area contributed by atoms with Crippen molar-refractivity contribution >= 4 is 18.8 Å². The molecule has 144 valence electrons. The van der Waals surface area contributed by atoms with E-state index in [0.717, 1.165) is 51.4 Å². The lowest BCUT2D eigenvalue weighted by Crippen LogP contribution is -2.25. The van der Waals surface area contributed by atoms with Gasteiger partial charge in [0.25, 0.3) is 5.91 Å². The Morgan fingerprint density at radius 1 is 0.885 bits per heavy atom. The van der Waals surface area contributed by atoms with Crippen molar-refractivity contribution in [1.82, 2.24) is 5.32 Å². The highest BCUT2D eigenvalue weighted by atomic mass is 31.2. The molecule has 2 saturated carbocycles. The smallest absolute Gasteiger partial charge is 0.355 e. The number of rotatable bonds is 6. The molecule has 0 radical (unpaired) electrons. The molecule has 1 aromatic rings. The number of benzene rings is 1. The molecule has 0 bridgehead atoms. The Labute approximate surface area is 156 Å². The van der Waals surface area contributed by atoms with Crippen molar-refractivity contribution in [3.63, 3.8) is 0 Å². The molecule has 26 heavy (non-hydrogen) atoms. The number of carbonyl (C=O) groups excluding carboxylic acids is 1. The number of nitrogens with one attached hydrogen (secondary N) is 1. The van der Waals surface area contributed by atoms with E-state index in [2.05, 4.69) is 5.32 Å². The van der Waals surface area contributed by atoms with Crippen molar-refractivity contribution in [2.24, 2.45) is 0 Å². The zero-order valence-corrected chi connectivity index (χ0v) is 16.5. The highest BCUT2D eigenvalue weighted by Gasteiger charge is 2.35. The van der Waals surface area contributed by atoms with Gasteiger partial charge in [-0.2, -0.15) is 0 Å². The van der Waals surface area contributed by atoms with Gasteiger partial charge < -0.3 is 14.4 Å². The van der Waals surface area contributed by atoms with E-state index >= 15 is 0 Å². The van der Waals surface area contributed by atoms with Crippen molar-refractivity contribution in [3.8, 4) is 0 Å². The van der Waals surface area contributed by atoms with Crippen LogP contribution >= 0.6 is 7.60 Å². The maximum atomic E-state index is 13.8. The summed E-state index contributed by atoms with van der Waals surface area (Å²) in [7, 11) is -1.80. The summed E-state index contributed by atoms with van der Waals surface area (Å²) >= 11 is 0. The number of amides is 1. The molecular weight excluding hydrogens is 349 g/mol. The molecule has 1 amide bonds. The second-order valence-electron chi connectivity index (χ2n) is 7.35. The molecule has 2 aliphatic carbocycles. The largest absolute Gasteiger partial charge is 0.361 e. The lowest BCUT2D eigenvalue weighted by molar-refractivity contribution is 0.0845. The van der Waals surface area contributed by atoms with Crippen LogP contribution in [0, 0.1) is 0 Å². The van der Waals surface area contributed by atoms with Gasteiger partial charge in [0.15, 0.2) is 0 Å². The summed E-state index contributed by atoms with van der Waals surface area (Å²) in [6.45, 7) is 0. The summed E-state index contributed by atoms with van der Waals surface area (Å²) in [5, 5.41) is 3.16. The molecular formula is C20H30NO4P. The Kier molecular flexibility index (Phi) is 6.91. The summed E-state index contributed by atoms with van der Waals surface area (Å²) in [4.78, 5) is 11.8. The van der Waals surface area contributed by atoms with Gasteiger partial charge in [0, 0.05) is 12.6 Å². The van der Waals surface area contributed by atoms with Crippen LogP contribution in [0.25, 0.3) is 0 Å². The Morgan fingerprint density at radius 3 is 1.77 bits per heavy atom. The quantitative estimate of drug-likeness (QED) is 0.736. The topological polar surface area (TPSA) is 64.6 Å². The fraction of sp³-hybridized carbons (Fsp3) is 0.650. The minimum absolute atomic E-state index is 0.00297. The molecule has 1 N–H and O–H groups in total. The molecule has 0 heterocycles. The first kappa shape index (κ1) is 19.6. The van der Waals surface area contributed by atoms with Gasteiger partial charge in [0.2, 0.25) is 0 Å². The molecule has 0 aromatic heterocycles. The predicted octanol–water partition coefficient (Wildman–Crippen LogP) is 4.56. The first-order chi connectivity index (χ1) is 12.6. The third-order valence-corrected chi connectivity index (χ3v) is 7.43. The van der Waals surface area contributed by atoms with Gasteiger partial charge in [0.05, 0.1) is 17.5 Å². The van der Waals surface area contributed by atoms with E-state index in [1.54, 1.807) is 31.3 Å². The van der Waals surface area contributed by atoms with Crippen LogP contribution in [0.15, 0.2) is 24.3 Å². The van der Waals surface area contributed by atoms with Crippen LogP contribution in [0.5, 0.6) is 0 Å². The van der Waals surface area contributed by atoms with Crippen molar-refractivity contribution in [2.45, 2.75) is 76.4 Å². The Bertz CT molecular complexity index is 610. The minimum atomic E-state index is -3.40. The van der Waals surface area contributed by atoms with E-state index in [4.69, 9.17) is 9.05 Å².